The summed E-state index contributed by atoms with van der Waals surface area (Å²) in [6.45, 7) is 9.82. The molecular weight excluding hydrogens is 497 g/mol. The molecule has 0 aromatic carbocycles. The van der Waals surface area contributed by atoms with Crippen molar-refractivity contribution in [3.63, 3.8) is 0 Å². The third-order valence-corrected chi connectivity index (χ3v) is 7.32. The number of halogens is 2. The molecule has 0 radical (unpaired) electrons. The summed E-state index contributed by atoms with van der Waals surface area (Å²) in [4.78, 5) is 22.8. The largest absolute Gasteiger partial charge is 0.390 e. The van der Waals surface area contributed by atoms with Crippen molar-refractivity contribution in [1.29, 1.82) is 0 Å². The van der Waals surface area contributed by atoms with Crippen LogP contribution in [0.15, 0.2) is 28.3 Å². The van der Waals surface area contributed by atoms with Crippen LogP contribution in [0, 0.1) is 24.7 Å². The zero-order valence-electron chi connectivity index (χ0n) is 22.1. The van der Waals surface area contributed by atoms with Crippen molar-refractivity contribution in [3.8, 4) is 0 Å². The third-order valence-electron chi connectivity index (χ3n) is 6.95. The van der Waals surface area contributed by atoms with E-state index in [9.17, 15) is 9.18 Å². The maximum Gasteiger partial charge on any atom is 0.287 e. The summed E-state index contributed by atoms with van der Waals surface area (Å²) in [5, 5.41) is 12.4. The predicted molar refractivity (Wildman–Crippen MR) is 143 cm³/mol. The van der Waals surface area contributed by atoms with Crippen molar-refractivity contribution in [2.24, 2.45) is 17.0 Å². The van der Waals surface area contributed by atoms with Gasteiger partial charge in [-0.15, -0.1) is 0 Å². The lowest BCUT2D eigenvalue weighted by atomic mass is 9.81. The van der Waals surface area contributed by atoms with Crippen molar-refractivity contribution in [2.45, 2.75) is 77.9 Å². The minimum atomic E-state index is -0.520. The molecule has 2 aliphatic rings. The smallest absolute Gasteiger partial charge is 0.287 e. The van der Waals surface area contributed by atoms with Gasteiger partial charge in [0, 0.05) is 30.3 Å². The highest BCUT2D eigenvalue weighted by molar-refractivity contribution is 6.32. The van der Waals surface area contributed by atoms with Gasteiger partial charge in [-0.1, -0.05) is 16.8 Å². The Labute approximate surface area is 222 Å². The highest BCUT2D eigenvalue weighted by atomic mass is 35.5. The fourth-order valence-electron chi connectivity index (χ4n) is 4.98. The Morgan fingerprint density at radius 3 is 2.68 bits per heavy atom. The average molecular weight is 534 g/mol. The van der Waals surface area contributed by atoms with Crippen LogP contribution in [-0.2, 0) is 9.57 Å². The molecule has 1 unspecified atom stereocenters. The highest BCUT2D eigenvalue weighted by Crippen LogP contribution is 2.35. The standard InChI is InChI=1S/C27H37ClFN5O3/c1-17-21(11-12-23(29)32-17)25(33-37-27(2,3)4)19-7-9-20(10-8-19)34-26(35)24(28)22(15-31-34)30-14-18-6-5-13-36-16-18/h11-12,15,18-20,30H,5-10,13-14,16H2,1-4H3/b33-25+. The molecule has 10 heteroatoms. The quantitative estimate of drug-likeness (QED) is 0.286. The van der Waals surface area contributed by atoms with Crippen molar-refractivity contribution in [3.05, 3.63) is 50.9 Å². The second-order valence-corrected chi connectivity index (χ2v) is 11.4. The Morgan fingerprint density at radius 1 is 1.27 bits per heavy atom. The fraction of sp³-hybridized carbons (Fsp3) is 0.630. The van der Waals surface area contributed by atoms with Crippen molar-refractivity contribution in [2.75, 3.05) is 25.1 Å². The molecule has 2 fully saturated rings. The lowest BCUT2D eigenvalue weighted by Crippen LogP contribution is -2.33. The number of hydrogen-bond acceptors (Lipinski definition) is 7. The van der Waals surface area contributed by atoms with Gasteiger partial charge in [-0.25, -0.2) is 9.67 Å². The number of ether oxygens (including phenoxy) is 1. The first-order valence-electron chi connectivity index (χ1n) is 13.1. The zero-order valence-corrected chi connectivity index (χ0v) is 22.9. The molecule has 8 nitrogen and oxygen atoms in total. The van der Waals surface area contributed by atoms with Crippen LogP contribution in [0.5, 0.6) is 0 Å². The number of rotatable bonds is 7. The Balaban J connectivity index is 1.46. The van der Waals surface area contributed by atoms with E-state index in [-0.39, 0.29) is 22.5 Å². The zero-order chi connectivity index (χ0) is 26.6. The van der Waals surface area contributed by atoms with Gasteiger partial charge in [-0.05, 0) is 84.3 Å². The van der Waals surface area contributed by atoms with Crippen LogP contribution < -0.4 is 10.9 Å². The number of nitrogens with zero attached hydrogens (tertiary/aromatic N) is 4. The Kier molecular flexibility index (Phi) is 8.85. The molecule has 1 N–H and O–H groups in total. The third kappa shape index (κ3) is 7.08. The number of aryl methyl sites for hydroxylation is 1. The summed E-state index contributed by atoms with van der Waals surface area (Å²) in [7, 11) is 0. The number of pyridine rings is 1. The number of anilines is 1. The van der Waals surface area contributed by atoms with Crippen LogP contribution in [0.1, 0.15) is 76.6 Å². The first-order chi connectivity index (χ1) is 17.6. The van der Waals surface area contributed by atoms with E-state index in [2.05, 4.69) is 20.6 Å². The molecule has 3 heterocycles. The molecule has 1 atom stereocenters. The fourth-order valence-corrected chi connectivity index (χ4v) is 5.18. The van der Waals surface area contributed by atoms with Gasteiger partial charge in [0.15, 0.2) is 0 Å². The molecule has 1 aliphatic carbocycles. The van der Waals surface area contributed by atoms with E-state index in [1.165, 1.54) is 10.7 Å². The molecule has 37 heavy (non-hydrogen) atoms. The number of aromatic nitrogens is 3. The van der Waals surface area contributed by atoms with Gasteiger partial charge in [0.1, 0.15) is 10.6 Å². The normalized spacial score (nSPS) is 23.1. The SMILES string of the molecule is Cc1nc(F)ccc1/C(=N/OC(C)(C)C)C1CCC(n2ncc(NCC3CCCOC3)c(Cl)c2=O)CC1. The molecule has 0 amide bonds. The molecule has 2 aromatic heterocycles. The van der Waals surface area contributed by atoms with Gasteiger partial charge in [0.2, 0.25) is 5.95 Å². The molecule has 202 valence electrons. The monoisotopic (exact) mass is 533 g/mol. The van der Waals surface area contributed by atoms with Crippen molar-refractivity contribution < 1.29 is 14.0 Å². The van der Waals surface area contributed by atoms with Gasteiger partial charge < -0.3 is 14.9 Å². The molecule has 0 bridgehead atoms. The second kappa shape index (κ2) is 11.9. The number of hydrogen-bond donors (Lipinski definition) is 1. The summed E-state index contributed by atoms with van der Waals surface area (Å²) < 4.78 is 20.7. The van der Waals surface area contributed by atoms with E-state index in [0.717, 1.165) is 63.0 Å². The van der Waals surface area contributed by atoms with Crippen LogP contribution >= 0.6 is 11.6 Å². The van der Waals surface area contributed by atoms with Crippen LogP contribution in [0.3, 0.4) is 0 Å². The summed E-state index contributed by atoms with van der Waals surface area (Å²) in [5.41, 5.74) is 1.95. The first kappa shape index (κ1) is 27.5. The van der Waals surface area contributed by atoms with E-state index in [1.54, 1.807) is 19.2 Å². The van der Waals surface area contributed by atoms with E-state index >= 15 is 0 Å². The summed E-state index contributed by atoms with van der Waals surface area (Å²) in [5.74, 6) is -0.0247. The van der Waals surface area contributed by atoms with E-state index in [4.69, 9.17) is 21.2 Å². The molecule has 1 aliphatic heterocycles. The maximum atomic E-state index is 13.7. The minimum absolute atomic E-state index is 0.0562. The lowest BCUT2D eigenvalue weighted by molar-refractivity contribution is -0.000104. The van der Waals surface area contributed by atoms with Gasteiger partial charge in [-0.3, -0.25) is 4.79 Å². The summed E-state index contributed by atoms with van der Waals surface area (Å²) in [6.07, 6.45) is 6.83. The predicted octanol–water partition coefficient (Wildman–Crippen LogP) is 5.53. The lowest BCUT2D eigenvalue weighted by Gasteiger charge is -2.30. The number of oxime groups is 1. The van der Waals surface area contributed by atoms with E-state index in [0.29, 0.717) is 23.8 Å². The minimum Gasteiger partial charge on any atom is -0.390 e. The van der Waals surface area contributed by atoms with Gasteiger partial charge in [0.05, 0.1) is 30.2 Å². The Hall–Kier alpha value is -2.52. The van der Waals surface area contributed by atoms with Gasteiger partial charge in [-0.2, -0.15) is 9.49 Å². The second-order valence-electron chi connectivity index (χ2n) is 11.0. The van der Waals surface area contributed by atoms with E-state index < -0.39 is 11.5 Å². The maximum absolute atomic E-state index is 13.7. The molecule has 1 saturated carbocycles. The topological polar surface area (TPSA) is 90.6 Å². The Morgan fingerprint density at radius 2 is 2.03 bits per heavy atom. The van der Waals surface area contributed by atoms with Crippen molar-refractivity contribution >= 4 is 23.0 Å². The van der Waals surface area contributed by atoms with Crippen molar-refractivity contribution in [1.82, 2.24) is 14.8 Å². The van der Waals surface area contributed by atoms with Gasteiger partial charge in [0.25, 0.3) is 5.56 Å². The van der Waals surface area contributed by atoms with Crippen LogP contribution in [0.2, 0.25) is 5.02 Å². The molecule has 2 aromatic rings. The first-order valence-corrected chi connectivity index (χ1v) is 13.5. The van der Waals surface area contributed by atoms with Crippen LogP contribution in [0.4, 0.5) is 10.1 Å². The molecule has 0 spiro atoms. The highest BCUT2D eigenvalue weighted by Gasteiger charge is 2.30. The average Bonchev–Trinajstić information content (AvgIpc) is 2.86. The molecular formula is C27H37ClFN5O3. The summed E-state index contributed by atoms with van der Waals surface area (Å²) in [6, 6.07) is 3.01. The molecule has 4 rings (SSSR count). The molecule has 1 saturated heterocycles. The van der Waals surface area contributed by atoms with E-state index in [1.807, 2.05) is 20.8 Å². The van der Waals surface area contributed by atoms with Crippen LogP contribution in [0.25, 0.3) is 0 Å². The summed E-state index contributed by atoms with van der Waals surface area (Å²) >= 11 is 6.47. The van der Waals surface area contributed by atoms with Crippen LogP contribution in [-0.4, -0.2) is 45.8 Å². The Bertz CT molecular complexity index is 1170. The van der Waals surface area contributed by atoms with Gasteiger partial charge >= 0.3 is 0 Å². The number of nitrogens with one attached hydrogen (secondary N) is 1.